The van der Waals surface area contributed by atoms with Gasteiger partial charge in [-0.2, -0.15) is 0 Å². The van der Waals surface area contributed by atoms with Gasteiger partial charge in [-0.3, -0.25) is 19.2 Å². The summed E-state index contributed by atoms with van der Waals surface area (Å²) in [5.74, 6) is -7.99. The smallest absolute Gasteiger partial charge is 0.195 e. The molecule has 0 aromatic rings. The minimum absolute atomic E-state index is 0.168. The van der Waals surface area contributed by atoms with Crippen LogP contribution in [0.15, 0.2) is 5.11 Å². The van der Waals surface area contributed by atoms with Gasteiger partial charge in [-0.15, -0.1) is 0 Å². The van der Waals surface area contributed by atoms with Crippen LogP contribution in [0.1, 0.15) is 72.6 Å². The first-order valence-corrected chi connectivity index (χ1v) is 11.5. The molecule has 13 heteroatoms. The van der Waals surface area contributed by atoms with E-state index in [9.17, 15) is 39.6 Å². The Morgan fingerprint density at radius 3 is 1.91 bits per heavy atom. The summed E-state index contributed by atoms with van der Waals surface area (Å²) in [4.78, 5) is 53.5. The molecule has 0 spiro atoms. The minimum Gasteiger partial charge on any atom is -0.386 e. The third-order valence-corrected chi connectivity index (χ3v) is 6.79. The molecule has 1 fully saturated rings. The molecule has 1 rings (SSSR count). The van der Waals surface area contributed by atoms with Crippen molar-refractivity contribution in [3.8, 4) is 0 Å². The van der Waals surface area contributed by atoms with E-state index in [2.05, 4.69) is 10.0 Å². The molecule has 1 heterocycles. The van der Waals surface area contributed by atoms with Crippen LogP contribution in [-0.4, -0.2) is 84.8 Å². The van der Waals surface area contributed by atoms with Crippen molar-refractivity contribution in [2.75, 3.05) is 6.54 Å². The van der Waals surface area contributed by atoms with Crippen LogP contribution in [0, 0.1) is 0 Å². The lowest BCUT2D eigenvalue weighted by atomic mass is 9.55. The highest BCUT2D eigenvalue weighted by molar-refractivity contribution is 6.09. The zero-order valence-electron chi connectivity index (χ0n) is 20.6. The number of nitrogens with zero attached hydrogens (tertiary/aromatic N) is 3. The van der Waals surface area contributed by atoms with Crippen molar-refractivity contribution < 1.29 is 44.3 Å². The van der Waals surface area contributed by atoms with Crippen molar-refractivity contribution in [3.63, 3.8) is 0 Å². The molecule has 0 amide bonds. The van der Waals surface area contributed by atoms with E-state index < -0.39 is 64.3 Å². The largest absolute Gasteiger partial charge is 0.386 e. The van der Waals surface area contributed by atoms with E-state index in [4.69, 9.17) is 16.0 Å². The van der Waals surface area contributed by atoms with Gasteiger partial charge < -0.3 is 30.9 Å². The van der Waals surface area contributed by atoms with Gasteiger partial charge in [0.2, 0.25) is 0 Å². The number of nitrogens with two attached hydrogens (primary N) is 1. The van der Waals surface area contributed by atoms with Gasteiger partial charge in [0.25, 0.3) is 0 Å². The highest BCUT2D eigenvalue weighted by Gasteiger charge is 2.82. The fraction of sp³-hybridized carbons (Fsp3) is 0.818. The van der Waals surface area contributed by atoms with Gasteiger partial charge in [0.15, 0.2) is 51.8 Å². The molecule has 0 aromatic heterocycles. The predicted octanol–water partition coefficient (Wildman–Crippen LogP) is -0.00860. The van der Waals surface area contributed by atoms with Gasteiger partial charge in [0.05, 0.1) is 0 Å². The number of hydrogen-bond acceptors (Lipinski definition) is 11. The number of carbonyl (C=O) groups excluding carboxylic acids is 4. The maximum atomic E-state index is 12.8. The fourth-order valence-corrected chi connectivity index (χ4v) is 4.70. The summed E-state index contributed by atoms with van der Waals surface area (Å²) in [6.45, 7) is 3.75. The molecule has 0 saturated carbocycles. The van der Waals surface area contributed by atoms with E-state index in [1.807, 2.05) is 0 Å². The maximum absolute atomic E-state index is 12.8. The summed E-state index contributed by atoms with van der Waals surface area (Å²) in [6.07, 6.45) is -1.06. The van der Waals surface area contributed by atoms with Crippen LogP contribution in [-0.2, 0) is 23.9 Å². The summed E-state index contributed by atoms with van der Waals surface area (Å²) in [7, 11) is 0. The molecular formula is C22H36N4O9. The SMILES string of the molecule is CC(=O)[C@@]1(N)[C@](O)(C(C)=O)[C@](O)(C(C)=O)[C@@H](C(=O)C(C)O)O[C@]1(O)CCCCCCCCN=[N+]=[N-]. The lowest BCUT2D eigenvalue weighted by Crippen LogP contribution is -2.92. The Balaban J connectivity index is 3.39. The fourth-order valence-electron chi connectivity index (χ4n) is 4.70. The lowest BCUT2D eigenvalue weighted by molar-refractivity contribution is -0.360. The van der Waals surface area contributed by atoms with E-state index >= 15 is 0 Å². The highest BCUT2D eigenvalue weighted by atomic mass is 16.7. The Morgan fingerprint density at radius 1 is 0.971 bits per heavy atom. The molecule has 35 heavy (non-hydrogen) atoms. The third-order valence-electron chi connectivity index (χ3n) is 6.79. The Hall–Kier alpha value is -2.25. The molecule has 0 aromatic carbocycles. The molecule has 1 aliphatic heterocycles. The lowest BCUT2D eigenvalue weighted by Gasteiger charge is -2.61. The van der Waals surface area contributed by atoms with Crippen molar-refractivity contribution in [1.29, 1.82) is 0 Å². The molecular weight excluding hydrogens is 464 g/mol. The van der Waals surface area contributed by atoms with Crippen molar-refractivity contribution in [3.05, 3.63) is 10.4 Å². The average Bonchev–Trinajstić information content (AvgIpc) is 2.77. The van der Waals surface area contributed by atoms with Crippen molar-refractivity contribution >= 4 is 23.1 Å². The number of ketones is 4. The van der Waals surface area contributed by atoms with Gasteiger partial charge in [-0.05, 0) is 46.1 Å². The second-order valence-corrected chi connectivity index (χ2v) is 9.14. The first-order chi connectivity index (χ1) is 16.1. The van der Waals surface area contributed by atoms with Gasteiger partial charge in [-0.25, -0.2) is 0 Å². The van der Waals surface area contributed by atoms with E-state index in [0.717, 1.165) is 40.5 Å². The molecule has 6 N–H and O–H groups in total. The van der Waals surface area contributed by atoms with Gasteiger partial charge >= 0.3 is 0 Å². The van der Waals surface area contributed by atoms with Crippen LogP contribution in [0.2, 0.25) is 0 Å². The number of Topliss-reactive ketones (excluding diaryl/α,β-unsaturated/α-hetero) is 4. The van der Waals surface area contributed by atoms with Crippen molar-refractivity contribution in [1.82, 2.24) is 0 Å². The molecule has 6 atom stereocenters. The summed E-state index contributed by atoms with van der Waals surface area (Å²) in [6, 6.07) is 0. The van der Waals surface area contributed by atoms with Gasteiger partial charge in [0.1, 0.15) is 6.10 Å². The molecule has 1 saturated heterocycles. The topological polar surface area (TPSA) is 233 Å². The third kappa shape index (κ3) is 5.17. The van der Waals surface area contributed by atoms with Crippen molar-refractivity contribution in [2.45, 2.75) is 107 Å². The zero-order chi connectivity index (χ0) is 27.2. The van der Waals surface area contributed by atoms with Crippen LogP contribution >= 0.6 is 0 Å². The van der Waals surface area contributed by atoms with Gasteiger partial charge in [-0.1, -0.05) is 30.8 Å². The first kappa shape index (κ1) is 30.8. The molecule has 13 nitrogen and oxygen atoms in total. The number of carbonyl (C=O) groups is 4. The van der Waals surface area contributed by atoms with Crippen LogP contribution in [0.5, 0.6) is 0 Å². The number of azide groups is 1. The standard InChI is InChI=1S/C22H36N4O9/c1-13(27)17(31)18-20(33,14(2)28)22(34,16(4)30)21(23,15(3)29)19(32,35-18)11-9-7-5-6-8-10-12-25-26-24/h13,18,27,32-34H,5-12,23H2,1-4H3/t13?,18-,19-,20+,21+,22+/m1/s1. The average molecular weight is 501 g/mol. The number of hydrogen-bond donors (Lipinski definition) is 5. The summed E-state index contributed by atoms with van der Waals surface area (Å²) < 4.78 is 5.44. The summed E-state index contributed by atoms with van der Waals surface area (Å²) >= 11 is 0. The minimum atomic E-state index is -3.46. The highest BCUT2D eigenvalue weighted by Crippen LogP contribution is 2.51. The molecule has 0 bridgehead atoms. The summed E-state index contributed by atoms with van der Waals surface area (Å²) in [5, 5.41) is 47.6. The Bertz CT molecular complexity index is 890. The zero-order valence-corrected chi connectivity index (χ0v) is 20.6. The molecule has 1 unspecified atom stereocenters. The van der Waals surface area contributed by atoms with Gasteiger partial charge in [0, 0.05) is 17.9 Å². The monoisotopic (exact) mass is 500 g/mol. The first-order valence-electron chi connectivity index (χ1n) is 11.5. The number of ether oxygens (including phenoxy) is 1. The van der Waals surface area contributed by atoms with Crippen molar-refractivity contribution in [2.24, 2.45) is 10.8 Å². The Morgan fingerprint density at radius 2 is 1.49 bits per heavy atom. The molecule has 0 aliphatic carbocycles. The van der Waals surface area contributed by atoms with Crippen LogP contribution in [0.3, 0.4) is 0 Å². The number of unbranched alkanes of at least 4 members (excludes halogenated alkanes) is 5. The van der Waals surface area contributed by atoms with E-state index in [1.165, 1.54) is 0 Å². The van der Waals surface area contributed by atoms with E-state index in [-0.39, 0.29) is 6.42 Å². The van der Waals surface area contributed by atoms with E-state index in [1.54, 1.807) is 0 Å². The number of aliphatic hydroxyl groups excluding tert-OH is 1. The van der Waals surface area contributed by atoms with Crippen LogP contribution in [0.4, 0.5) is 0 Å². The summed E-state index contributed by atoms with van der Waals surface area (Å²) in [5.41, 5.74) is 4.61. The molecule has 198 valence electrons. The number of aliphatic hydroxyl groups is 4. The van der Waals surface area contributed by atoms with Crippen LogP contribution < -0.4 is 5.73 Å². The quantitative estimate of drug-likeness (QED) is 0.0925. The predicted molar refractivity (Wildman–Crippen MR) is 122 cm³/mol. The number of rotatable bonds is 14. The maximum Gasteiger partial charge on any atom is 0.195 e. The van der Waals surface area contributed by atoms with E-state index in [0.29, 0.717) is 25.8 Å². The molecule has 0 radical (unpaired) electrons. The second kappa shape index (κ2) is 11.7. The normalized spacial score (nSPS) is 33.5. The second-order valence-electron chi connectivity index (χ2n) is 9.14. The Kier molecular flexibility index (Phi) is 10.3. The molecule has 1 aliphatic rings. The van der Waals surface area contributed by atoms with Crippen LogP contribution in [0.25, 0.3) is 10.4 Å². The Labute approximate surface area is 203 Å².